The van der Waals surface area contributed by atoms with Crippen molar-refractivity contribution in [1.29, 1.82) is 0 Å². The van der Waals surface area contributed by atoms with E-state index < -0.39 is 29.5 Å². The molecule has 0 aromatic heterocycles. The Morgan fingerprint density at radius 3 is 2.70 bits per heavy atom. The van der Waals surface area contributed by atoms with Crippen molar-refractivity contribution in [3.05, 3.63) is 35.4 Å². The highest BCUT2D eigenvalue weighted by molar-refractivity contribution is 5.74. The lowest BCUT2D eigenvalue weighted by molar-refractivity contribution is -0.148. The first-order valence-corrected chi connectivity index (χ1v) is 6.40. The van der Waals surface area contributed by atoms with Gasteiger partial charge in [0.1, 0.15) is 0 Å². The van der Waals surface area contributed by atoms with Crippen LogP contribution in [0.3, 0.4) is 0 Å². The van der Waals surface area contributed by atoms with Crippen LogP contribution in [0.2, 0.25) is 0 Å². The lowest BCUT2D eigenvalue weighted by atomic mass is 9.79. The Balaban J connectivity index is 2.40. The summed E-state index contributed by atoms with van der Waals surface area (Å²) in [6.45, 7) is 0.924. The van der Waals surface area contributed by atoms with Gasteiger partial charge in [-0.15, -0.1) is 0 Å². The van der Waals surface area contributed by atoms with Gasteiger partial charge in [0.2, 0.25) is 0 Å². The second-order valence-corrected chi connectivity index (χ2v) is 4.81. The first-order valence-electron chi connectivity index (χ1n) is 6.40. The van der Waals surface area contributed by atoms with Crippen LogP contribution in [0, 0.1) is 5.92 Å². The van der Waals surface area contributed by atoms with Crippen molar-refractivity contribution in [3.8, 4) is 0 Å². The fourth-order valence-corrected chi connectivity index (χ4v) is 2.71. The molecule has 0 radical (unpaired) electrons. The number of hydrogen-bond donors (Lipinski definition) is 1. The van der Waals surface area contributed by atoms with Crippen LogP contribution in [0.5, 0.6) is 0 Å². The van der Waals surface area contributed by atoms with Crippen molar-refractivity contribution < 1.29 is 22.7 Å². The lowest BCUT2D eigenvalue weighted by Gasteiger charge is -2.32. The quantitative estimate of drug-likeness (QED) is 0.850. The highest BCUT2D eigenvalue weighted by Crippen LogP contribution is 2.39. The molecule has 1 aliphatic rings. The first kappa shape index (κ1) is 14.8. The van der Waals surface area contributed by atoms with Gasteiger partial charge in [-0.3, -0.25) is 4.79 Å². The molecule has 1 heterocycles. The summed E-state index contributed by atoms with van der Waals surface area (Å²) in [4.78, 5) is 11.8. The Morgan fingerprint density at radius 2 is 2.05 bits per heavy atom. The molecule has 0 saturated carbocycles. The van der Waals surface area contributed by atoms with E-state index in [0.717, 1.165) is 6.07 Å². The van der Waals surface area contributed by atoms with Gasteiger partial charge in [-0.1, -0.05) is 18.2 Å². The molecule has 0 aliphatic carbocycles. The van der Waals surface area contributed by atoms with E-state index >= 15 is 0 Å². The smallest absolute Gasteiger partial charge is 0.416 e. The molecular formula is C14H16F3NO2. The second kappa shape index (κ2) is 5.83. The predicted molar refractivity (Wildman–Crippen MR) is 67.2 cm³/mol. The fraction of sp³-hybridized carbons (Fsp3) is 0.500. The molecule has 1 N–H and O–H groups in total. The number of nitrogens with one attached hydrogen (secondary N) is 1. The van der Waals surface area contributed by atoms with Crippen molar-refractivity contribution in [2.45, 2.75) is 18.5 Å². The van der Waals surface area contributed by atoms with E-state index in [1.165, 1.54) is 19.2 Å². The van der Waals surface area contributed by atoms with Crippen LogP contribution in [-0.4, -0.2) is 26.2 Å². The van der Waals surface area contributed by atoms with Crippen LogP contribution < -0.4 is 5.32 Å². The van der Waals surface area contributed by atoms with Gasteiger partial charge in [0, 0.05) is 12.5 Å². The molecule has 0 spiro atoms. The number of piperidine rings is 1. The Hall–Kier alpha value is -1.56. The number of hydrogen-bond acceptors (Lipinski definition) is 3. The molecule has 110 valence electrons. The third-order valence-electron chi connectivity index (χ3n) is 3.65. The number of halogens is 3. The summed E-state index contributed by atoms with van der Waals surface area (Å²) in [5, 5.41) is 3.03. The first-order chi connectivity index (χ1) is 9.45. The molecule has 0 unspecified atom stereocenters. The van der Waals surface area contributed by atoms with Crippen LogP contribution in [0.4, 0.5) is 13.2 Å². The van der Waals surface area contributed by atoms with Gasteiger partial charge >= 0.3 is 12.1 Å². The molecule has 20 heavy (non-hydrogen) atoms. The molecule has 3 nitrogen and oxygen atoms in total. The number of rotatable bonds is 2. The maximum absolute atomic E-state index is 13.1. The average molecular weight is 287 g/mol. The molecule has 1 aromatic carbocycles. The average Bonchev–Trinajstić information content (AvgIpc) is 2.45. The van der Waals surface area contributed by atoms with Crippen LogP contribution in [0.1, 0.15) is 23.5 Å². The van der Waals surface area contributed by atoms with E-state index in [1.54, 1.807) is 6.07 Å². The largest absolute Gasteiger partial charge is 0.469 e. The van der Waals surface area contributed by atoms with Crippen LogP contribution in [0.15, 0.2) is 24.3 Å². The van der Waals surface area contributed by atoms with E-state index in [4.69, 9.17) is 4.74 Å². The maximum atomic E-state index is 13.1. The normalized spacial score (nSPS) is 23.4. The molecule has 1 aromatic rings. The minimum absolute atomic E-state index is 0.178. The number of alkyl halides is 3. The molecule has 6 heteroatoms. The summed E-state index contributed by atoms with van der Waals surface area (Å²) in [6.07, 6.45) is -3.94. The summed E-state index contributed by atoms with van der Waals surface area (Å²) >= 11 is 0. The minimum Gasteiger partial charge on any atom is -0.469 e. The SMILES string of the molecule is COC(=O)[C@H]1CNCC[C@@H]1c1ccccc1C(F)(F)F. The summed E-state index contributed by atoms with van der Waals surface area (Å²) in [5.74, 6) is -1.53. The van der Waals surface area contributed by atoms with Crippen LogP contribution >= 0.6 is 0 Å². The summed E-state index contributed by atoms with van der Waals surface area (Å²) < 4.78 is 44.0. The van der Waals surface area contributed by atoms with Crippen molar-refractivity contribution in [3.63, 3.8) is 0 Å². The Bertz CT molecular complexity index is 488. The van der Waals surface area contributed by atoms with Gasteiger partial charge < -0.3 is 10.1 Å². The van der Waals surface area contributed by atoms with E-state index in [2.05, 4.69) is 5.32 Å². The molecule has 1 fully saturated rings. The second-order valence-electron chi connectivity index (χ2n) is 4.81. The molecule has 0 amide bonds. The lowest BCUT2D eigenvalue weighted by Crippen LogP contribution is -2.40. The van der Waals surface area contributed by atoms with Gasteiger partial charge in [0.05, 0.1) is 18.6 Å². The molecule has 1 aliphatic heterocycles. The van der Waals surface area contributed by atoms with E-state index in [0.29, 0.717) is 19.5 Å². The fourth-order valence-electron chi connectivity index (χ4n) is 2.71. The van der Waals surface area contributed by atoms with E-state index in [1.807, 2.05) is 0 Å². The number of carbonyl (C=O) groups is 1. The van der Waals surface area contributed by atoms with Gasteiger partial charge in [0.15, 0.2) is 0 Å². The molecule has 1 saturated heterocycles. The minimum atomic E-state index is -4.41. The standard InChI is InChI=1S/C14H16F3NO2/c1-20-13(19)11-8-18-7-6-9(11)10-4-2-3-5-12(10)14(15,16)17/h2-5,9,11,18H,6-8H2,1H3/t9-,11+/m1/s1. The van der Waals surface area contributed by atoms with Gasteiger partial charge in [-0.2, -0.15) is 13.2 Å². The van der Waals surface area contributed by atoms with E-state index in [9.17, 15) is 18.0 Å². The number of esters is 1. The number of carbonyl (C=O) groups excluding carboxylic acids is 1. The predicted octanol–water partition coefficient (Wildman–Crippen LogP) is 2.57. The Morgan fingerprint density at radius 1 is 1.35 bits per heavy atom. The van der Waals surface area contributed by atoms with Crippen molar-refractivity contribution >= 4 is 5.97 Å². The summed E-state index contributed by atoms with van der Waals surface area (Å²) in [6, 6.07) is 5.45. The highest BCUT2D eigenvalue weighted by Gasteiger charge is 2.39. The zero-order valence-corrected chi connectivity index (χ0v) is 11.0. The molecule has 0 bridgehead atoms. The third-order valence-corrected chi connectivity index (χ3v) is 3.65. The van der Waals surface area contributed by atoms with Crippen LogP contribution in [-0.2, 0) is 15.7 Å². The molecule has 2 rings (SSSR count). The van der Waals surface area contributed by atoms with Crippen molar-refractivity contribution in [2.75, 3.05) is 20.2 Å². The van der Waals surface area contributed by atoms with Crippen molar-refractivity contribution in [1.82, 2.24) is 5.32 Å². The summed E-state index contributed by atoms with van der Waals surface area (Å²) in [5.41, 5.74) is -0.488. The maximum Gasteiger partial charge on any atom is 0.416 e. The number of benzene rings is 1. The number of methoxy groups -OCH3 is 1. The summed E-state index contributed by atoms with van der Waals surface area (Å²) in [7, 11) is 1.25. The van der Waals surface area contributed by atoms with Crippen LogP contribution in [0.25, 0.3) is 0 Å². The zero-order valence-electron chi connectivity index (χ0n) is 11.0. The Labute approximate surface area is 115 Å². The zero-order chi connectivity index (χ0) is 14.8. The third kappa shape index (κ3) is 2.95. The number of ether oxygens (including phenoxy) is 1. The Kier molecular flexibility index (Phi) is 4.32. The van der Waals surface area contributed by atoms with E-state index in [-0.39, 0.29) is 5.56 Å². The van der Waals surface area contributed by atoms with Gasteiger partial charge in [-0.05, 0) is 24.6 Å². The van der Waals surface area contributed by atoms with Gasteiger partial charge in [0.25, 0.3) is 0 Å². The molecule has 2 atom stereocenters. The van der Waals surface area contributed by atoms with Gasteiger partial charge in [-0.25, -0.2) is 0 Å². The topological polar surface area (TPSA) is 38.3 Å². The van der Waals surface area contributed by atoms with Crippen molar-refractivity contribution in [2.24, 2.45) is 5.92 Å². The monoisotopic (exact) mass is 287 g/mol. The highest BCUT2D eigenvalue weighted by atomic mass is 19.4. The molecular weight excluding hydrogens is 271 g/mol.